The van der Waals surface area contributed by atoms with Crippen molar-refractivity contribution in [2.45, 2.75) is 199 Å². The molecule has 0 heterocycles. The molecule has 8 nitrogen and oxygen atoms in total. The Morgan fingerprint density at radius 1 is 0.400 bits per heavy atom. The van der Waals surface area contributed by atoms with Crippen molar-refractivity contribution in [2.24, 2.45) is 35.5 Å². The average Bonchev–Trinajstić information content (AvgIpc) is 3.75. The highest BCUT2D eigenvalue weighted by Gasteiger charge is 2.43. The van der Waals surface area contributed by atoms with Crippen molar-refractivity contribution in [3.63, 3.8) is 0 Å². The molecule has 1 saturated carbocycles. The molecule has 0 saturated heterocycles. The van der Waals surface area contributed by atoms with Gasteiger partial charge in [-0.2, -0.15) is 0 Å². The van der Waals surface area contributed by atoms with Crippen LogP contribution in [0.5, 0.6) is 0 Å². The topological polar surface area (TPSA) is 149 Å². The number of fused-ring (bicyclic) bond motifs is 2. The Kier molecular flexibility index (Phi) is 27.4. The van der Waals surface area contributed by atoms with E-state index in [4.69, 9.17) is 20.4 Å². The van der Waals surface area contributed by atoms with Crippen molar-refractivity contribution in [1.29, 1.82) is 0 Å². The molecule has 0 aromatic heterocycles. The number of unbranched alkanes of at least 4 members (excludes halogenated alkanes) is 22. The number of hydrogen-bond donors (Lipinski definition) is 4. The second-order valence-electron chi connectivity index (χ2n) is 16.8. The molecule has 4 atom stereocenters. The Bertz CT molecular complexity index is 1030. The van der Waals surface area contributed by atoms with Gasteiger partial charge in [-0.3, -0.25) is 19.2 Å². The zero-order valence-corrected chi connectivity index (χ0v) is 34.3. The number of rotatable bonds is 38. The minimum absolute atomic E-state index is 0.226. The van der Waals surface area contributed by atoms with Gasteiger partial charge in [-0.1, -0.05) is 152 Å². The van der Waals surface area contributed by atoms with Crippen molar-refractivity contribution in [3.05, 3.63) is 36.5 Å². The molecule has 0 spiro atoms. The summed E-state index contributed by atoms with van der Waals surface area (Å²) in [6.07, 6.45) is 49.6. The molecule has 0 radical (unpaired) electrons. The predicted octanol–water partition coefficient (Wildman–Crippen LogP) is 12.8. The number of hydrogen-bond acceptors (Lipinski definition) is 4. The van der Waals surface area contributed by atoms with E-state index in [-0.39, 0.29) is 12.8 Å². The number of carbonyl (C=O) groups is 4. The number of carboxylic acid groups (broad SMARTS) is 4. The largest absolute Gasteiger partial charge is 0.481 e. The van der Waals surface area contributed by atoms with Crippen LogP contribution in [0.25, 0.3) is 0 Å². The summed E-state index contributed by atoms with van der Waals surface area (Å²) in [5, 5.41) is 35.7. The van der Waals surface area contributed by atoms with Gasteiger partial charge >= 0.3 is 23.9 Å². The molecule has 4 unspecified atom stereocenters. The summed E-state index contributed by atoms with van der Waals surface area (Å²) >= 11 is 0. The van der Waals surface area contributed by atoms with Gasteiger partial charge in [-0.15, -0.1) is 0 Å². The highest BCUT2D eigenvalue weighted by molar-refractivity contribution is 5.93. The molecule has 2 bridgehead atoms. The first kappa shape index (κ1) is 48.2. The molecular weight excluding hydrogens is 693 g/mol. The van der Waals surface area contributed by atoms with Crippen LogP contribution in [-0.2, 0) is 19.2 Å². The van der Waals surface area contributed by atoms with Gasteiger partial charge in [0.2, 0.25) is 0 Å². The molecule has 2 rings (SSSR count). The van der Waals surface area contributed by atoms with Gasteiger partial charge in [0.15, 0.2) is 11.8 Å². The zero-order valence-electron chi connectivity index (χ0n) is 34.3. The normalized spacial score (nSPS) is 19.2. The third-order valence-corrected chi connectivity index (χ3v) is 12.4. The lowest BCUT2D eigenvalue weighted by Crippen LogP contribution is -2.23. The van der Waals surface area contributed by atoms with E-state index in [1.807, 2.05) is 0 Å². The Morgan fingerprint density at radius 3 is 0.945 bits per heavy atom. The van der Waals surface area contributed by atoms with Gasteiger partial charge in [-0.05, 0) is 107 Å². The van der Waals surface area contributed by atoms with Gasteiger partial charge in [-0.25, -0.2) is 0 Å². The van der Waals surface area contributed by atoms with Crippen molar-refractivity contribution < 1.29 is 39.6 Å². The summed E-state index contributed by atoms with van der Waals surface area (Å²) in [6.45, 7) is 0. The van der Waals surface area contributed by atoms with Crippen LogP contribution in [0.3, 0.4) is 0 Å². The first-order valence-electron chi connectivity index (χ1n) is 22.6. The fourth-order valence-corrected chi connectivity index (χ4v) is 9.04. The van der Waals surface area contributed by atoms with Crippen LogP contribution in [0.1, 0.15) is 199 Å². The molecule has 8 heteroatoms. The summed E-state index contributed by atoms with van der Waals surface area (Å²) < 4.78 is 0. The smallest absolute Gasteiger partial charge is 0.317 e. The predicted molar refractivity (Wildman–Crippen MR) is 222 cm³/mol. The third-order valence-electron chi connectivity index (χ3n) is 12.4. The van der Waals surface area contributed by atoms with Crippen LogP contribution in [0, 0.1) is 35.5 Å². The van der Waals surface area contributed by atoms with Gasteiger partial charge < -0.3 is 20.4 Å². The quantitative estimate of drug-likeness (QED) is 0.0275. The van der Waals surface area contributed by atoms with E-state index >= 15 is 0 Å². The van der Waals surface area contributed by atoms with Crippen LogP contribution < -0.4 is 0 Å². The molecule has 0 amide bonds. The summed E-state index contributed by atoms with van der Waals surface area (Å²) in [6, 6.07) is 0. The summed E-state index contributed by atoms with van der Waals surface area (Å²) in [7, 11) is 0. The van der Waals surface area contributed by atoms with E-state index in [1.165, 1.54) is 109 Å². The van der Waals surface area contributed by atoms with E-state index in [1.54, 1.807) is 0 Å². The molecule has 0 aliphatic heterocycles. The highest BCUT2D eigenvalue weighted by atomic mass is 16.4. The van der Waals surface area contributed by atoms with Crippen molar-refractivity contribution >= 4 is 23.9 Å². The molecule has 2 aliphatic carbocycles. The second-order valence-corrected chi connectivity index (χ2v) is 16.8. The minimum atomic E-state index is -1.26. The molecule has 2 aliphatic rings. The van der Waals surface area contributed by atoms with Crippen LogP contribution in [0.4, 0.5) is 0 Å². The first-order valence-corrected chi connectivity index (χ1v) is 22.6. The van der Waals surface area contributed by atoms with Crippen LogP contribution in [-0.4, -0.2) is 44.3 Å². The zero-order chi connectivity index (χ0) is 39.9. The van der Waals surface area contributed by atoms with Crippen LogP contribution in [0.2, 0.25) is 0 Å². The molecular formula is C47H78O8. The summed E-state index contributed by atoms with van der Waals surface area (Å²) in [4.78, 5) is 43.7. The van der Waals surface area contributed by atoms with E-state index < -0.39 is 35.7 Å². The van der Waals surface area contributed by atoms with Crippen molar-refractivity contribution in [3.8, 4) is 0 Å². The van der Waals surface area contributed by atoms with Crippen molar-refractivity contribution in [2.75, 3.05) is 0 Å². The molecule has 0 aromatic rings. The minimum Gasteiger partial charge on any atom is -0.481 e. The number of aliphatic carboxylic acids is 4. The van der Waals surface area contributed by atoms with Gasteiger partial charge in [0.05, 0.1) is 0 Å². The molecule has 55 heavy (non-hydrogen) atoms. The van der Waals surface area contributed by atoms with Crippen molar-refractivity contribution in [1.82, 2.24) is 0 Å². The Labute approximate surface area is 333 Å². The summed E-state index contributed by atoms with van der Waals surface area (Å²) in [5.74, 6) is -3.86. The monoisotopic (exact) mass is 771 g/mol. The fourth-order valence-electron chi connectivity index (χ4n) is 9.04. The lowest BCUT2D eigenvalue weighted by molar-refractivity contribution is -0.156. The molecule has 0 aromatic carbocycles. The van der Waals surface area contributed by atoms with Gasteiger partial charge in [0.1, 0.15) is 0 Å². The lowest BCUT2D eigenvalue weighted by atomic mass is 9.77. The van der Waals surface area contributed by atoms with E-state index in [9.17, 15) is 19.2 Å². The van der Waals surface area contributed by atoms with E-state index in [0.29, 0.717) is 12.8 Å². The Balaban J connectivity index is 1.36. The molecule has 4 N–H and O–H groups in total. The average molecular weight is 771 g/mol. The highest BCUT2D eigenvalue weighted by Crippen LogP contribution is 2.51. The molecule has 1 fully saturated rings. The Morgan fingerprint density at radius 2 is 0.655 bits per heavy atom. The fraction of sp³-hybridized carbons (Fsp3) is 0.787. The van der Waals surface area contributed by atoms with E-state index in [0.717, 1.165) is 87.9 Å². The third kappa shape index (κ3) is 22.4. The van der Waals surface area contributed by atoms with Gasteiger partial charge in [0.25, 0.3) is 0 Å². The maximum Gasteiger partial charge on any atom is 0.317 e. The van der Waals surface area contributed by atoms with Crippen LogP contribution in [0.15, 0.2) is 36.5 Å². The first-order chi connectivity index (χ1) is 26.7. The number of allylic oxidation sites excluding steroid dienone is 6. The SMILES string of the molecule is O=C(O)C(CCCCCCC/C=C\CCCCCCCCC1C2C=CC(C2)C1CCCCCCCC/C=C\CCCCCCCC(C(=O)O)C(=O)O)C(=O)O. The van der Waals surface area contributed by atoms with Gasteiger partial charge in [0, 0.05) is 0 Å². The van der Waals surface area contributed by atoms with E-state index in [2.05, 4.69) is 36.5 Å². The molecule has 314 valence electrons. The summed E-state index contributed by atoms with van der Waals surface area (Å²) in [5.41, 5.74) is 0. The maximum absolute atomic E-state index is 10.9. The number of carboxylic acids is 4. The Hall–Kier alpha value is -2.90. The van der Waals surface area contributed by atoms with Crippen LogP contribution >= 0.6 is 0 Å². The standard InChI is InChI=1S/C47H78O8/c48-44(49)42(45(50)51)33-29-25-21-17-13-9-5-1-3-7-11-15-19-23-27-31-40-38-35-36-39(37-38)41(40)32-28-24-20-16-12-8-4-2-6-10-14-18-22-26-30-34-43(46(52)53)47(54)55/h1-2,5-6,35-36,38-43H,3-4,7-34,37H2,(H,48,49)(H,50,51)(H,52,53)(H,54,55)/b5-1-,6-2-. The lowest BCUT2D eigenvalue weighted by Gasteiger charge is -2.28. The maximum atomic E-state index is 10.9. The second kappa shape index (κ2) is 31.2.